The van der Waals surface area contributed by atoms with Crippen LogP contribution in [0.2, 0.25) is 0 Å². The normalized spacial score (nSPS) is 23.6. The number of aliphatic hydroxyl groups is 1. The SMILES string of the molecule is C=C(c1ccccc1)C12CCC(OCOC)C1CC(CCCCCCCCO)=C2c1ccccc1. The minimum atomic E-state index is -0.0996. The molecule has 0 bridgehead atoms. The molecule has 0 heterocycles. The predicted molar refractivity (Wildman–Crippen MR) is 145 cm³/mol. The highest BCUT2D eigenvalue weighted by molar-refractivity contribution is 5.90. The fourth-order valence-electron chi connectivity index (χ4n) is 6.60. The van der Waals surface area contributed by atoms with Gasteiger partial charge in [-0.3, -0.25) is 0 Å². The predicted octanol–water partition coefficient (Wildman–Crippen LogP) is 7.67. The maximum absolute atomic E-state index is 9.02. The van der Waals surface area contributed by atoms with Gasteiger partial charge in [0.25, 0.3) is 0 Å². The van der Waals surface area contributed by atoms with Gasteiger partial charge in [-0.25, -0.2) is 0 Å². The van der Waals surface area contributed by atoms with Gasteiger partial charge < -0.3 is 14.6 Å². The number of allylic oxidation sites excluding steroid dienone is 3. The largest absolute Gasteiger partial charge is 0.396 e. The summed E-state index contributed by atoms with van der Waals surface area (Å²) in [4.78, 5) is 0. The number of methoxy groups -OCH3 is 1. The molecule has 0 aliphatic heterocycles. The molecule has 0 saturated heterocycles. The van der Waals surface area contributed by atoms with E-state index in [4.69, 9.17) is 21.2 Å². The molecule has 3 nitrogen and oxygen atoms in total. The summed E-state index contributed by atoms with van der Waals surface area (Å²) in [6, 6.07) is 21.8. The second-order valence-corrected chi connectivity index (χ2v) is 10.2. The van der Waals surface area contributed by atoms with E-state index in [1.54, 1.807) is 12.7 Å². The lowest BCUT2D eigenvalue weighted by Gasteiger charge is -2.37. The topological polar surface area (TPSA) is 38.7 Å². The van der Waals surface area contributed by atoms with Crippen molar-refractivity contribution in [1.82, 2.24) is 0 Å². The first-order valence-corrected chi connectivity index (χ1v) is 13.5. The quantitative estimate of drug-likeness (QED) is 0.226. The van der Waals surface area contributed by atoms with Crippen LogP contribution >= 0.6 is 0 Å². The minimum absolute atomic E-state index is 0.0996. The molecule has 1 fully saturated rings. The summed E-state index contributed by atoms with van der Waals surface area (Å²) in [6.45, 7) is 5.42. The molecule has 1 N–H and O–H groups in total. The maximum Gasteiger partial charge on any atom is 0.146 e. The highest BCUT2D eigenvalue weighted by Gasteiger charge is 2.57. The van der Waals surface area contributed by atoms with Crippen molar-refractivity contribution in [1.29, 1.82) is 0 Å². The number of ether oxygens (including phenoxy) is 2. The van der Waals surface area contributed by atoms with E-state index in [0.29, 0.717) is 19.3 Å². The molecule has 2 aliphatic rings. The van der Waals surface area contributed by atoms with Crippen molar-refractivity contribution >= 4 is 11.1 Å². The molecule has 3 atom stereocenters. The number of fused-ring (bicyclic) bond motifs is 1. The molecule has 3 unspecified atom stereocenters. The zero-order valence-electron chi connectivity index (χ0n) is 21.4. The van der Waals surface area contributed by atoms with E-state index in [0.717, 1.165) is 38.5 Å². The van der Waals surface area contributed by atoms with Gasteiger partial charge in [-0.2, -0.15) is 0 Å². The molecule has 2 aliphatic carbocycles. The maximum atomic E-state index is 9.02. The number of hydrogen-bond donors (Lipinski definition) is 1. The summed E-state index contributed by atoms with van der Waals surface area (Å²) in [5.41, 5.74) is 6.84. The minimum Gasteiger partial charge on any atom is -0.396 e. The van der Waals surface area contributed by atoms with Crippen molar-refractivity contribution in [3.8, 4) is 0 Å². The van der Waals surface area contributed by atoms with Crippen LogP contribution in [-0.4, -0.2) is 31.7 Å². The Labute approximate surface area is 211 Å². The summed E-state index contributed by atoms with van der Waals surface area (Å²) in [5, 5.41) is 9.02. The van der Waals surface area contributed by atoms with Gasteiger partial charge in [-0.05, 0) is 60.8 Å². The molecule has 0 amide bonds. The summed E-state index contributed by atoms with van der Waals surface area (Å²) >= 11 is 0. The average molecular weight is 475 g/mol. The van der Waals surface area contributed by atoms with Crippen LogP contribution in [0.1, 0.15) is 75.3 Å². The number of rotatable bonds is 14. The molecule has 35 heavy (non-hydrogen) atoms. The first-order chi connectivity index (χ1) is 17.2. The standard InChI is InChI=1S/C32H42O3/c1-25(26-15-10-7-11-16-26)32-21-20-30(35-24-34-2)29(32)23-28(19-9-5-3-4-6-14-22-33)31(32)27-17-12-8-13-18-27/h7-8,10-13,15-18,29-30,33H,1,3-6,9,14,19-24H2,2H3. The Morgan fingerprint density at radius 3 is 2.29 bits per heavy atom. The second-order valence-electron chi connectivity index (χ2n) is 10.2. The van der Waals surface area contributed by atoms with Crippen LogP contribution in [0.3, 0.4) is 0 Å². The summed E-state index contributed by atoms with van der Waals surface area (Å²) in [7, 11) is 1.71. The van der Waals surface area contributed by atoms with Gasteiger partial charge in [0.15, 0.2) is 0 Å². The third-order valence-electron chi connectivity index (χ3n) is 8.18. The third-order valence-corrected chi connectivity index (χ3v) is 8.18. The van der Waals surface area contributed by atoms with Crippen molar-refractivity contribution < 1.29 is 14.6 Å². The Balaban J connectivity index is 1.66. The van der Waals surface area contributed by atoms with Crippen LogP contribution in [-0.2, 0) is 9.47 Å². The molecule has 1 saturated carbocycles. The molecule has 3 heteroatoms. The highest BCUT2D eigenvalue weighted by atomic mass is 16.7. The summed E-state index contributed by atoms with van der Waals surface area (Å²) < 4.78 is 11.6. The third kappa shape index (κ3) is 5.63. The molecule has 2 aromatic carbocycles. The van der Waals surface area contributed by atoms with Gasteiger partial charge in [0.05, 0.1) is 6.10 Å². The van der Waals surface area contributed by atoms with E-state index < -0.39 is 0 Å². The Bertz CT molecular complexity index is 965. The van der Waals surface area contributed by atoms with E-state index >= 15 is 0 Å². The Morgan fingerprint density at radius 1 is 0.943 bits per heavy atom. The van der Waals surface area contributed by atoms with E-state index in [2.05, 4.69) is 60.7 Å². The highest BCUT2D eigenvalue weighted by Crippen LogP contribution is 2.66. The lowest BCUT2D eigenvalue weighted by atomic mass is 9.66. The molecule has 0 radical (unpaired) electrons. The number of benzene rings is 2. The monoisotopic (exact) mass is 474 g/mol. The second kappa shape index (κ2) is 12.7. The lowest BCUT2D eigenvalue weighted by molar-refractivity contribution is -0.0858. The summed E-state index contributed by atoms with van der Waals surface area (Å²) in [6.07, 6.45) is 11.5. The van der Waals surface area contributed by atoms with Crippen LogP contribution in [0.4, 0.5) is 0 Å². The molecular weight excluding hydrogens is 432 g/mol. The van der Waals surface area contributed by atoms with Crippen LogP contribution in [0.25, 0.3) is 11.1 Å². The fraction of sp³-hybridized carbons (Fsp3) is 0.500. The van der Waals surface area contributed by atoms with Crippen LogP contribution < -0.4 is 0 Å². The van der Waals surface area contributed by atoms with Gasteiger partial charge in [-0.1, -0.05) is 98.5 Å². The van der Waals surface area contributed by atoms with E-state index in [1.165, 1.54) is 48.0 Å². The van der Waals surface area contributed by atoms with E-state index in [1.807, 2.05) is 0 Å². The molecule has 0 aromatic heterocycles. The van der Waals surface area contributed by atoms with Crippen molar-refractivity contribution in [3.05, 3.63) is 83.9 Å². The number of aliphatic hydroxyl groups excluding tert-OH is 1. The summed E-state index contributed by atoms with van der Waals surface area (Å²) in [5.74, 6) is 0.389. The number of unbranched alkanes of at least 4 members (excludes halogenated alkanes) is 5. The molecule has 0 spiro atoms. The Kier molecular flexibility index (Phi) is 9.37. The number of hydrogen-bond acceptors (Lipinski definition) is 3. The lowest BCUT2D eigenvalue weighted by Crippen LogP contribution is -2.30. The first kappa shape index (κ1) is 25.9. The van der Waals surface area contributed by atoms with Crippen LogP contribution in [0.15, 0.2) is 72.8 Å². The smallest absolute Gasteiger partial charge is 0.146 e. The zero-order chi connectivity index (χ0) is 24.5. The van der Waals surface area contributed by atoms with Crippen LogP contribution in [0, 0.1) is 11.3 Å². The Morgan fingerprint density at radius 2 is 1.60 bits per heavy atom. The van der Waals surface area contributed by atoms with Crippen molar-refractivity contribution in [2.45, 2.75) is 70.3 Å². The van der Waals surface area contributed by atoms with Crippen molar-refractivity contribution in [2.75, 3.05) is 20.5 Å². The first-order valence-electron chi connectivity index (χ1n) is 13.5. The average Bonchev–Trinajstić information content (AvgIpc) is 3.42. The fourth-order valence-corrected chi connectivity index (χ4v) is 6.60. The van der Waals surface area contributed by atoms with E-state index in [9.17, 15) is 0 Å². The van der Waals surface area contributed by atoms with E-state index in [-0.39, 0.29) is 11.5 Å². The van der Waals surface area contributed by atoms with Gasteiger partial charge in [0.2, 0.25) is 0 Å². The van der Waals surface area contributed by atoms with Crippen molar-refractivity contribution in [3.63, 3.8) is 0 Å². The molecular formula is C32H42O3. The zero-order valence-corrected chi connectivity index (χ0v) is 21.4. The van der Waals surface area contributed by atoms with Gasteiger partial charge >= 0.3 is 0 Å². The van der Waals surface area contributed by atoms with Gasteiger partial charge in [0, 0.05) is 25.0 Å². The molecule has 2 aromatic rings. The van der Waals surface area contributed by atoms with Gasteiger partial charge in [0.1, 0.15) is 6.79 Å². The van der Waals surface area contributed by atoms with Crippen molar-refractivity contribution in [2.24, 2.45) is 11.3 Å². The molecule has 4 rings (SSSR count). The molecule has 188 valence electrons. The van der Waals surface area contributed by atoms with Crippen LogP contribution in [0.5, 0.6) is 0 Å². The van der Waals surface area contributed by atoms with Gasteiger partial charge in [-0.15, -0.1) is 0 Å². The Hall–Kier alpha value is -2.20.